The van der Waals surface area contributed by atoms with Crippen LogP contribution in [-0.4, -0.2) is 24.1 Å². The van der Waals surface area contributed by atoms with E-state index in [1.165, 1.54) is 12.5 Å². The van der Waals surface area contributed by atoms with E-state index in [4.69, 9.17) is 9.47 Å². The first-order valence-corrected chi connectivity index (χ1v) is 11.5. The summed E-state index contributed by atoms with van der Waals surface area (Å²) in [6.45, 7) is 20.6. The Bertz CT molecular complexity index is 737. The topological polar surface area (TPSA) is 52.6 Å². The summed E-state index contributed by atoms with van der Waals surface area (Å²) in [6.07, 6.45) is 7.30. The first-order valence-electron chi connectivity index (χ1n) is 11.5. The van der Waals surface area contributed by atoms with Crippen LogP contribution in [0.1, 0.15) is 80.1 Å². The smallest absolute Gasteiger partial charge is 0.333 e. The second-order valence-electron chi connectivity index (χ2n) is 11.6. The molecule has 7 unspecified atom stereocenters. The molecule has 4 nitrogen and oxygen atoms in total. The van der Waals surface area contributed by atoms with Gasteiger partial charge in [-0.2, -0.15) is 0 Å². The van der Waals surface area contributed by atoms with Crippen molar-refractivity contribution < 1.29 is 19.1 Å². The predicted molar refractivity (Wildman–Crippen MR) is 119 cm³/mol. The lowest BCUT2D eigenvalue weighted by Gasteiger charge is -2.45. The summed E-state index contributed by atoms with van der Waals surface area (Å²) in [5.74, 6) is 0.752. The summed E-state index contributed by atoms with van der Waals surface area (Å²) < 4.78 is 11.8. The third-order valence-electron chi connectivity index (χ3n) is 8.89. The van der Waals surface area contributed by atoms with Gasteiger partial charge in [-0.25, -0.2) is 9.59 Å². The molecule has 7 atom stereocenters. The molecule has 2 bridgehead atoms. The maximum atomic E-state index is 12.2. The zero-order valence-corrected chi connectivity index (χ0v) is 19.8. The largest absolute Gasteiger partial charge is 0.459 e. The molecule has 4 heteroatoms. The zero-order chi connectivity index (χ0) is 22.5. The van der Waals surface area contributed by atoms with Crippen molar-refractivity contribution in [3.05, 3.63) is 24.8 Å². The van der Waals surface area contributed by atoms with E-state index in [2.05, 4.69) is 47.8 Å². The quantitative estimate of drug-likeness (QED) is 0.402. The third-order valence-corrected chi connectivity index (χ3v) is 8.89. The van der Waals surface area contributed by atoms with Gasteiger partial charge in [0.1, 0.15) is 12.2 Å². The fourth-order valence-corrected chi connectivity index (χ4v) is 7.31. The lowest BCUT2D eigenvalue weighted by atomic mass is 9.63. The fraction of sp³-hybridized carbons (Fsp3) is 0.769. The summed E-state index contributed by atoms with van der Waals surface area (Å²) in [5.41, 5.74) is 0.627. The number of fused-ring (bicyclic) bond motifs is 2. The van der Waals surface area contributed by atoms with Gasteiger partial charge in [0.25, 0.3) is 0 Å². The van der Waals surface area contributed by atoms with Gasteiger partial charge < -0.3 is 9.47 Å². The van der Waals surface area contributed by atoms with Crippen molar-refractivity contribution in [1.29, 1.82) is 0 Å². The molecule has 168 valence electrons. The Kier molecular flexibility index (Phi) is 6.03. The van der Waals surface area contributed by atoms with Crippen molar-refractivity contribution in [1.82, 2.24) is 0 Å². The van der Waals surface area contributed by atoms with Crippen molar-refractivity contribution in [3.63, 3.8) is 0 Å². The molecule has 3 rings (SSSR count). The molecule has 0 saturated heterocycles. The van der Waals surface area contributed by atoms with E-state index in [0.29, 0.717) is 23.3 Å². The van der Waals surface area contributed by atoms with Gasteiger partial charge in [-0.05, 0) is 68.1 Å². The second-order valence-corrected chi connectivity index (χ2v) is 11.6. The van der Waals surface area contributed by atoms with Crippen molar-refractivity contribution in [2.45, 2.75) is 92.3 Å². The summed E-state index contributed by atoms with van der Waals surface area (Å²) in [5, 5.41) is 0. The highest BCUT2D eigenvalue weighted by molar-refractivity contribution is 5.87. The first kappa shape index (κ1) is 23.1. The maximum absolute atomic E-state index is 12.2. The Hall–Kier alpha value is -1.58. The van der Waals surface area contributed by atoms with E-state index < -0.39 is 0 Å². The number of ether oxygens (including phenoxy) is 2. The van der Waals surface area contributed by atoms with Crippen LogP contribution in [0.2, 0.25) is 0 Å². The zero-order valence-electron chi connectivity index (χ0n) is 19.8. The normalized spacial score (nSPS) is 41.9. The molecule has 0 N–H and O–H groups in total. The minimum atomic E-state index is -0.315. The highest BCUT2D eigenvalue weighted by Gasteiger charge is 2.68. The minimum Gasteiger partial charge on any atom is -0.459 e. The number of rotatable bonds is 6. The standard InChI is InChI=1S/C26H40O4/c1-9-21(27)30-22-19(20-10-11-26(22,8)24(20,5)6)15-25(7)13-17(4)12-18(14-25)29-23(28)16(2)3/h9,17-20,22H,1-2,10-15H2,3-8H3. The van der Waals surface area contributed by atoms with Gasteiger partial charge >= 0.3 is 11.9 Å². The average molecular weight is 417 g/mol. The SMILES string of the molecule is C=CC(=O)OC1C(CC2(C)CC(C)CC(OC(=O)C(=C)C)C2)C2CCC1(C)C2(C)C. The van der Waals surface area contributed by atoms with Crippen LogP contribution < -0.4 is 0 Å². The molecule has 3 aliphatic carbocycles. The van der Waals surface area contributed by atoms with Crippen molar-refractivity contribution in [3.8, 4) is 0 Å². The lowest BCUT2D eigenvalue weighted by molar-refractivity contribution is -0.158. The Morgan fingerprint density at radius 2 is 1.80 bits per heavy atom. The fourth-order valence-electron chi connectivity index (χ4n) is 7.31. The number of carbonyl (C=O) groups excluding carboxylic acids is 2. The van der Waals surface area contributed by atoms with Crippen LogP contribution in [0.3, 0.4) is 0 Å². The average Bonchev–Trinajstić information content (AvgIpc) is 2.93. The molecule has 3 saturated carbocycles. The summed E-state index contributed by atoms with van der Waals surface area (Å²) in [4.78, 5) is 24.3. The Balaban J connectivity index is 1.83. The number of hydrogen-bond acceptors (Lipinski definition) is 4. The summed E-state index contributed by atoms with van der Waals surface area (Å²) in [6, 6.07) is 0. The summed E-state index contributed by atoms with van der Waals surface area (Å²) >= 11 is 0. The van der Waals surface area contributed by atoms with Crippen molar-refractivity contribution >= 4 is 11.9 Å². The molecule has 30 heavy (non-hydrogen) atoms. The number of esters is 2. The van der Waals surface area contributed by atoms with Gasteiger partial charge in [0.2, 0.25) is 0 Å². The molecule has 0 heterocycles. The van der Waals surface area contributed by atoms with Crippen LogP contribution in [0.15, 0.2) is 24.8 Å². The monoisotopic (exact) mass is 416 g/mol. The van der Waals surface area contributed by atoms with Crippen LogP contribution >= 0.6 is 0 Å². The van der Waals surface area contributed by atoms with Crippen LogP contribution in [-0.2, 0) is 19.1 Å². The molecule has 0 spiro atoms. The number of carbonyl (C=O) groups is 2. The molecule has 3 fully saturated rings. The van der Waals surface area contributed by atoms with Gasteiger partial charge in [-0.15, -0.1) is 0 Å². The minimum absolute atomic E-state index is 0.0105. The molecule has 0 aromatic carbocycles. The van der Waals surface area contributed by atoms with Crippen LogP contribution in [0.4, 0.5) is 0 Å². The molecule has 0 aliphatic heterocycles. The maximum Gasteiger partial charge on any atom is 0.333 e. The Morgan fingerprint density at radius 1 is 1.13 bits per heavy atom. The predicted octanol–water partition coefficient (Wildman–Crippen LogP) is 5.86. The highest BCUT2D eigenvalue weighted by Crippen LogP contribution is 2.70. The Morgan fingerprint density at radius 3 is 2.40 bits per heavy atom. The van der Waals surface area contributed by atoms with E-state index in [-0.39, 0.29) is 40.4 Å². The molecular formula is C26H40O4. The van der Waals surface area contributed by atoms with Gasteiger partial charge in [0.15, 0.2) is 0 Å². The Labute approximate surface area is 182 Å². The number of hydrogen-bond donors (Lipinski definition) is 0. The van der Waals surface area contributed by atoms with E-state index in [1.54, 1.807) is 6.92 Å². The summed E-state index contributed by atoms with van der Waals surface area (Å²) in [7, 11) is 0. The van der Waals surface area contributed by atoms with Crippen LogP contribution in [0, 0.1) is 34.0 Å². The molecule has 3 aliphatic rings. The molecule has 0 radical (unpaired) electrons. The second kappa shape index (κ2) is 7.84. The van der Waals surface area contributed by atoms with Crippen molar-refractivity contribution in [2.75, 3.05) is 0 Å². The molecule has 0 amide bonds. The molecular weight excluding hydrogens is 376 g/mol. The highest BCUT2D eigenvalue weighted by atomic mass is 16.5. The van der Waals surface area contributed by atoms with E-state index >= 15 is 0 Å². The van der Waals surface area contributed by atoms with Gasteiger partial charge in [0.05, 0.1) is 0 Å². The van der Waals surface area contributed by atoms with Gasteiger partial charge in [-0.3, -0.25) is 0 Å². The molecule has 0 aromatic heterocycles. The first-order chi connectivity index (χ1) is 13.8. The molecule has 0 aromatic rings. The van der Waals surface area contributed by atoms with Crippen LogP contribution in [0.5, 0.6) is 0 Å². The van der Waals surface area contributed by atoms with Crippen LogP contribution in [0.25, 0.3) is 0 Å². The van der Waals surface area contributed by atoms with Gasteiger partial charge in [0, 0.05) is 23.0 Å². The van der Waals surface area contributed by atoms with Gasteiger partial charge in [-0.1, -0.05) is 47.8 Å². The van der Waals surface area contributed by atoms with E-state index in [0.717, 1.165) is 32.1 Å². The van der Waals surface area contributed by atoms with Crippen molar-refractivity contribution in [2.24, 2.45) is 34.0 Å². The third kappa shape index (κ3) is 3.87. The van der Waals surface area contributed by atoms with E-state index in [9.17, 15) is 9.59 Å². The van der Waals surface area contributed by atoms with E-state index in [1.807, 2.05) is 0 Å². The lowest BCUT2D eigenvalue weighted by Crippen LogP contribution is -2.43.